The van der Waals surface area contributed by atoms with Crippen LogP contribution >= 0.6 is 0 Å². The Morgan fingerprint density at radius 2 is 1.78 bits per heavy atom. The molecule has 37 heavy (non-hydrogen) atoms. The van der Waals surface area contributed by atoms with Gasteiger partial charge in [0, 0.05) is 25.6 Å². The summed E-state index contributed by atoms with van der Waals surface area (Å²) >= 11 is 0. The van der Waals surface area contributed by atoms with Gasteiger partial charge in [0.05, 0.1) is 35.6 Å². The van der Waals surface area contributed by atoms with Crippen LogP contribution < -0.4 is 15.5 Å². The first-order chi connectivity index (χ1) is 17.5. The number of anilines is 2. The highest BCUT2D eigenvalue weighted by atomic mass is 19.4. The first kappa shape index (κ1) is 25.8. The maximum atomic E-state index is 13.4. The number of hydrogen-bond acceptors (Lipinski definition) is 6. The average molecular weight is 524 g/mol. The Balaban J connectivity index is 1.28. The first-order valence-electron chi connectivity index (χ1n) is 12.8. The molecule has 5 fully saturated rings. The topological polar surface area (TPSA) is 97.0 Å². The number of hydrogen-bond donors (Lipinski definition) is 2. The van der Waals surface area contributed by atoms with Crippen molar-refractivity contribution in [3.05, 3.63) is 23.8 Å². The van der Waals surface area contributed by atoms with Crippen molar-refractivity contribution in [2.24, 2.45) is 17.3 Å². The predicted molar refractivity (Wildman–Crippen MR) is 128 cm³/mol. The number of morpholine rings is 1. The van der Waals surface area contributed by atoms with Crippen molar-refractivity contribution < 1.29 is 37.0 Å². The zero-order chi connectivity index (χ0) is 26.4. The molecule has 5 aliphatic rings. The Morgan fingerprint density at radius 3 is 2.41 bits per heavy atom. The summed E-state index contributed by atoms with van der Waals surface area (Å²) in [7, 11) is 0. The third-order valence-electron chi connectivity index (χ3n) is 8.22. The van der Waals surface area contributed by atoms with Gasteiger partial charge in [-0.05, 0) is 68.6 Å². The van der Waals surface area contributed by atoms with Crippen molar-refractivity contribution in [2.45, 2.75) is 57.2 Å². The molecule has 1 saturated heterocycles. The van der Waals surface area contributed by atoms with Gasteiger partial charge in [0.1, 0.15) is 0 Å². The summed E-state index contributed by atoms with van der Waals surface area (Å²) in [4.78, 5) is 39.8. The molecule has 1 aliphatic heterocycles. The fourth-order valence-corrected chi connectivity index (χ4v) is 7.38. The molecule has 6 rings (SSSR count). The molecule has 4 saturated carbocycles. The van der Waals surface area contributed by atoms with Crippen molar-refractivity contribution in [1.29, 1.82) is 0 Å². The normalized spacial score (nSPS) is 30.6. The lowest BCUT2D eigenvalue weighted by Crippen LogP contribution is -2.64. The number of rotatable bonds is 6. The Hall–Kier alpha value is -2.82. The summed E-state index contributed by atoms with van der Waals surface area (Å²) in [6.07, 6.45) is -0.0342. The van der Waals surface area contributed by atoms with Crippen LogP contribution in [-0.2, 0) is 30.0 Å². The van der Waals surface area contributed by atoms with E-state index in [0.29, 0.717) is 63.1 Å². The van der Waals surface area contributed by atoms with Crippen LogP contribution in [0.2, 0.25) is 0 Å². The smallest absolute Gasteiger partial charge is 0.416 e. The standard InChI is InChI=1S/C26H32F3N3O5/c1-16(33)31-25-12-17-8-18(13-25)11-24(10-17,15-25)23(35)37-14-22(34)30-20-9-19(26(27,28)29)2-3-21(20)32-4-6-36-7-5-32/h2-3,9,17-18H,4-8,10-15H2,1H3,(H,30,34)(H,31,33)/t17-,18-,24?,25?/m1/s1. The van der Waals surface area contributed by atoms with Crippen LogP contribution in [0.1, 0.15) is 51.0 Å². The minimum Gasteiger partial charge on any atom is -0.455 e. The van der Waals surface area contributed by atoms with Crippen molar-refractivity contribution in [1.82, 2.24) is 5.32 Å². The first-order valence-corrected chi connectivity index (χ1v) is 12.8. The Labute approximate surface area is 213 Å². The summed E-state index contributed by atoms with van der Waals surface area (Å²) in [5.41, 5.74) is -1.58. The van der Waals surface area contributed by atoms with Gasteiger partial charge in [-0.1, -0.05) is 0 Å². The van der Waals surface area contributed by atoms with E-state index in [2.05, 4.69) is 10.6 Å². The third kappa shape index (κ3) is 5.28. The van der Waals surface area contributed by atoms with Crippen LogP contribution in [-0.4, -0.2) is 56.2 Å². The van der Waals surface area contributed by atoms with Crippen molar-refractivity contribution in [3.63, 3.8) is 0 Å². The Bertz CT molecular complexity index is 1070. The fourth-order valence-electron chi connectivity index (χ4n) is 7.38. The number of nitrogens with one attached hydrogen (secondary N) is 2. The molecule has 2 amide bonds. The van der Waals surface area contributed by atoms with E-state index in [0.717, 1.165) is 31.4 Å². The molecule has 0 spiro atoms. The number of alkyl halides is 3. The van der Waals surface area contributed by atoms with Gasteiger partial charge in [0.25, 0.3) is 5.91 Å². The molecule has 1 aromatic carbocycles. The lowest BCUT2D eigenvalue weighted by Gasteiger charge is -2.60. The van der Waals surface area contributed by atoms with E-state index in [1.165, 1.54) is 13.0 Å². The number of carbonyl (C=O) groups is 3. The highest BCUT2D eigenvalue weighted by molar-refractivity contribution is 5.96. The van der Waals surface area contributed by atoms with E-state index in [9.17, 15) is 27.6 Å². The lowest BCUT2D eigenvalue weighted by atomic mass is 9.47. The third-order valence-corrected chi connectivity index (χ3v) is 8.22. The van der Waals surface area contributed by atoms with E-state index < -0.39 is 41.2 Å². The van der Waals surface area contributed by atoms with Crippen molar-refractivity contribution in [3.8, 4) is 0 Å². The van der Waals surface area contributed by atoms with Crippen molar-refractivity contribution in [2.75, 3.05) is 43.1 Å². The van der Waals surface area contributed by atoms with Crippen molar-refractivity contribution >= 4 is 29.2 Å². The molecule has 4 bridgehead atoms. The molecular weight excluding hydrogens is 491 g/mol. The van der Waals surface area contributed by atoms with Crippen LogP contribution in [0.15, 0.2) is 18.2 Å². The van der Waals surface area contributed by atoms with E-state index in [4.69, 9.17) is 9.47 Å². The van der Waals surface area contributed by atoms with Gasteiger partial charge in [0.2, 0.25) is 5.91 Å². The molecule has 0 radical (unpaired) electrons. The summed E-state index contributed by atoms with van der Waals surface area (Å²) in [6, 6.07) is 3.23. The van der Waals surface area contributed by atoms with Gasteiger partial charge in [-0.3, -0.25) is 14.4 Å². The molecular formula is C26H32F3N3O5. The minimum atomic E-state index is -4.57. The number of carbonyl (C=O) groups excluding carboxylic acids is 3. The lowest BCUT2D eigenvalue weighted by molar-refractivity contribution is -0.176. The Kier molecular flexibility index (Phi) is 6.62. The van der Waals surface area contributed by atoms with Gasteiger partial charge in [-0.15, -0.1) is 0 Å². The minimum absolute atomic E-state index is 0.0113. The van der Waals surface area contributed by atoms with Crippen LogP contribution in [0.4, 0.5) is 24.5 Å². The maximum Gasteiger partial charge on any atom is 0.416 e. The quantitative estimate of drug-likeness (QED) is 0.554. The van der Waals surface area contributed by atoms with Crippen LogP contribution in [0.3, 0.4) is 0 Å². The van der Waals surface area contributed by atoms with Crippen LogP contribution in [0.25, 0.3) is 0 Å². The van der Waals surface area contributed by atoms with E-state index in [1.54, 1.807) is 0 Å². The molecule has 2 atom stereocenters. The SMILES string of the molecule is CC(=O)NC12C[C@@H]3C[C@@H](C1)CC(C(=O)OCC(=O)Nc1cc(C(F)(F)F)ccc1N1CCOCC1)(C3)C2. The fraction of sp³-hybridized carbons (Fsp3) is 0.654. The highest BCUT2D eigenvalue weighted by Crippen LogP contribution is 2.62. The second-order valence-electron chi connectivity index (χ2n) is 11.2. The van der Waals surface area contributed by atoms with Gasteiger partial charge in [-0.2, -0.15) is 13.2 Å². The Morgan fingerprint density at radius 1 is 1.11 bits per heavy atom. The molecule has 4 aliphatic carbocycles. The molecule has 1 aromatic rings. The van der Waals surface area contributed by atoms with Crippen LogP contribution in [0.5, 0.6) is 0 Å². The average Bonchev–Trinajstić information content (AvgIpc) is 2.81. The van der Waals surface area contributed by atoms with E-state index in [1.807, 2.05) is 4.90 Å². The van der Waals surface area contributed by atoms with E-state index in [-0.39, 0.29) is 11.6 Å². The number of nitrogens with zero attached hydrogens (tertiary/aromatic N) is 1. The molecule has 0 aromatic heterocycles. The zero-order valence-corrected chi connectivity index (χ0v) is 20.8. The number of amides is 2. The summed E-state index contributed by atoms with van der Waals surface area (Å²) in [5.74, 6) is -0.666. The number of benzene rings is 1. The molecule has 11 heteroatoms. The highest BCUT2D eigenvalue weighted by Gasteiger charge is 2.61. The maximum absolute atomic E-state index is 13.4. The summed E-state index contributed by atoms with van der Waals surface area (Å²) in [6.45, 7) is 2.69. The van der Waals surface area contributed by atoms with E-state index >= 15 is 0 Å². The number of ether oxygens (including phenoxy) is 2. The van der Waals surface area contributed by atoms with Gasteiger partial charge in [-0.25, -0.2) is 0 Å². The predicted octanol–water partition coefficient (Wildman–Crippen LogP) is 3.50. The second-order valence-corrected chi connectivity index (χ2v) is 11.2. The molecule has 202 valence electrons. The zero-order valence-electron chi connectivity index (χ0n) is 20.8. The summed E-state index contributed by atoms with van der Waals surface area (Å²) in [5, 5.41) is 5.62. The number of halogens is 3. The second kappa shape index (κ2) is 9.49. The monoisotopic (exact) mass is 523 g/mol. The van der Waals surface area contributed by atoms with Gasteiger partial charge < -0.3 is 25.0 Å². The molecule has 1 heterocycles. The largest absolute Gasteiger partial charge is 0.455 e. The van der Waals surface area contributed by atoms with Gasteiger partial charge in [0.15, 0.2) is 6.61 Å². The number of esters is 1. The molecule has 8 nitrogen and oxygen atoms in total. The molecule has 0 unspecified atom stereocenters. The van der Waals surface area contributed by atoms with Crippen LogP contribution in [0, 0.1) is 17.3 Å². The summed E-state index contributed by atoms with van der Waals surface area (Å²) < 4.78 is 50.9. The van der Waals surface area contributed by atoms with Gasteiger partial charge >= 0.3 is 12.1 Å². The molecule has 2 N–H and O–H groups in total.